The second-order valence-corrected chi connectivity index (χ2v) is 4.74. The van der Waals surface area contributed by atoms with E-state index in [0.717, 1.165) is 11.4 Å². The average molecular weight is 237 g/mol. The summed E-state index contributed by atoms with van der Waals surface area (Å²) in [5.41, 5.74) is 0.203. The Balaban J connectivity index is 2.76. The number of aliphatic carboxylic acids is 1. The fourth-order valence-electron chi connectivity index (χ4n) is 1.59. The molecule has 0 amide bonds. The van der Waals surface area contributed by atoms with Crippen LogP contribution in [0.5, 0.6) is 5.75 Å². The zero-order chi connectivity index (χ0) is 13.1. The Labute approximate surface area is 102 Å². The molecule has 0 bridgehead atoms. The van der Waals surface area contributed by atoms with Gasteiger partial charge in [-0.1, -0.05) is 0 Å². The molecule has 94 valence electrons. The minimum Gasteiger partial charge on any atom is -0.497 e. The highest BCUT2D eigenvalue weighted by atomic mass is 16.5. The Kier molecular flexibility index (Phi) is 3.99. The highest BCUT2D eigenvalue weighted by molar-refractivity contribution is 5.74. The maximum atomic E-state index is 11.0. The lowest BCUT2D eigenvalue weighted by molar-refractivity contribution is -0.146. The highest BCUT2D eigenvalue weighted by Gasteiger charge is 2.28. The van der Waals surface area contributed by atoms with Crippen molar-refractivity contribution < 1.29 is 14.6 Å². The summed E-state index contributed by atoms with van der Waals surface area (Å²) in [4.78, 5) is 13.0. The summed E-state index contributed by atoms with van der Waals surface area (Å²) in [7, 11) is 3.50. The lowest BCUT2D eigenvalue weighted by Crippen LogP contribution is -2.37. The molecule has 0 aliphatic heterocycles. The number of ether oxygens (including phenoxy) is 1. The van der Waals surface area contributed by atoms with Gasteiger partial charge in [-0.3, -0.25) is 4.79 Å². The Morgan fingerprint density at radius 1 is 1.35 bits per heavy atom. The Hall–Kier alpha value is -1.71. The van der Waals surface area contributed by atoms with Crippen molar-refractivity contribution in [1.82, 2.24) is 0 Å². The molecule has 0 spiro atoms. The van der Waals surface area contributed by atoms with Gasteiger partial charge in [-0.25, -0.2) is 0 Å². The summed E-state index contributed by atoms with van der Waals surface area (Å²) in [6.07, 6.45) is 0. The molecule has 0 radical (unpaired) electrons. The molecular weight excluding hydrogens is 218 g/mol. The van der Waals surface area contributed by atoms with Gasteiger partial charge in [0.25, 0.3) is 0 Å². The Morgan fingerprint density at radius 2 is 1.88 bits per heavy atom. The third kappa shape index (κ3) is 3.37. The molecular formula is C13H19NO3. The van der Waals surface area contributed by atoms with Gasteiger partial charge in [0, 0.05) is 19.3 Å². The fourth-order valence-corrected chi connectivity index (χ4v) is 1.59. The minimum atomic E-state index is -0.794. The smallest absolute Gasteiger partial charge is 0.310 e. The maximum absolute atomic E-state index is 11.0. The van der Waals surface area contributed by atoms with E-state index in [-0.39, 0.29) is 0 Å². The molecule has 0 aromatic heterocycles. The van der Waals surface area contributed by atoms with Gasteiger partial charge in [0.15, 0.2) is 0 Å². The van der Waals surface area contributed by atoms with Crippen LogP contribution >= 0.6 is 0 Å². The van der Waals surface area contributed by atoms with Crippen LogP contribution in [0.15, 0.2) is 24.3 Å². The SMILES string of the molecule is COc1ccc(N(C)CC(C)(C)C(=O)O)cc1. The molecule has 1 aromatic rings. The summed E-state index contributed by atoms with van der Waals surface area (Å²) in [6, 6.07) is 7.55. The van der Waals surface area contributed by atoms with Crippen LogP contribution in [0.2, 0.25) is 0 Å². The summed E-state index contributed by atoms with van der Waals surface area (Å²) in [6.45, 7) is 3.89. The molecule has 0 fully saturated rings. The van der Waals surface area contributed by atoms with Crippen molar-refractivity contribution >= 4 is 11.7 Å². The molecule has 0 saturated carbocycles. The van der Waals surface area contributed by atoms with Crippen LogP contribution < -0.4 is 9.64 Å². The molecule has 1 rings (SSSR count). The molecule has 0 unspecified atom stereocenters. The van der Waals surface area contributed by atoms with Crippen molar-refractivity contribution in [2.45, 2.75) is 13.8 Å². The molecule has 1 N–H and O–H groups in total. The number of hydrogen-bond donors (Lipinski definition) is 1. The van der Waals surface area contributed by atoms with E-state index < -0.39 is 11.4 Å². The van der Waals surface area contributed by atoms with Gasteiger partial charge >= 0.3 is 5.97 Å². The van der Waals surface area contributed by atoms with Gasteiger partial charge in [0.2, 0.25) is 0 Å². The number of anilines is 1. The highest BCUT2D eigenvalue weighted by Crippen LogP contribution is 2.23. The van der Waals surface area contributed by atoms with E-state index in [2.05, 4.69) is 0 Å². The minimum absolute atomic E-state index is 0.453. The van der Waals surface area contributed by atoms with E-state index in [0.29, 0.717) is 6.54 Å². The predicted molar refractivity (Wildman–Crippen MR) is 67.7 cm³/mol. The van der Waals surface area contributed by atoms with Crippen LogP contribution in [0.4, 0.5) is 5.69 Å². The third-order valence-electron chi connectivity index (χ3n) is 2.72. The zero-order valence-electron chi connectivity index (χ0n) is 10.7. The molecule has 4 heteroatoms. The zero-order valence-corrected chi connectivity index (χ0v) is 10.7. The first-order chi connectivity index (χ1) is 7.86. The summed E-state index contributed by atoms with van der Waals surface area (Å²) >= 11 is 0. The van der Waals surface area contributed by atoms with Crippen molar-refractivity contribution in [3.05, 3.63) is 24.3 Å². The number of rotatable bonds is 5. The number of carbonyl (C=O) groups is 1. The monoisotopic (exact) mass is 237 g/mol. The van der Waals surface area contributed by atoms with E-state index in [9.17, 15) is 4.79 Å². The average Bonchev–Trinajstić information content (AvgIpc) is 2.28. The van der Waals surface area contributed by atoms with Crippen LogP contribution in [-0.4, -0.2) is 31.8 Å². The molecule has 4 nitrogen and oxygen atoms in total. The second-order valence-electron chi connectivity index (χ2n) is 4.74. The first kappa shape index (κ1) is 13.4. The number of nitrogens with zero attached hydrogens (tertiary/aromatic N) is 1. The molecule has 0 aliphatic rings. The van der Waals surface area contributed by atoms with Crippen LogP contribution in [-0.2, 0) is 4.79 Å². The van der Waals surface area contributed by atoms with Crippen LogP contribution in [0.1, 0.15) is 13.8 Å². The van der Waals surface area contributed by atoms with E-state index in [4.69, 9.17) is 9.84 Å². The van der Waals surface area contributed by atoms with Crippen molar-refractivity contribution in [3.63, 3.8) is 0 Å². The number of methoxy groups -OCH3 is 1. The lowest BCUT2D eigenvalue weighted by Gasteiger charge is -2.28. The maximum Gasteiger partial charge on any atom is 0.310 e. The first-order valence-corrected chi connectivity index (χ1v) is 5.45. The molecule has 0 heterocycles. The largest absolute Gasteiger partial charge is 0.497 e. The summed E-state index contributed by atoms with van der Waals surface area (Å²) in [5.74, 6) is -0.00231. The fraction of sp³-hybridized carbons (Fsp3) is 0.462. The van der Waals surface area contributed by atoms with E-state index in [1.54, 1.807) is 21.0 Å². The van der Waals surface area contributed by atoms with Gasteiger partial charge in [-0.2, -0.15) is 0 Å². The molecule has 0 aliphatic carbocycles. The normalized spacial score (nSPS) is 11.1. The van der Waals surface area contributed by atoms with Gasteiger partial charge < -0.3 is 14.7 Å². The predicted octanol–water partition coefficient (Wildman–Crippen LogP) is 2.24. The molecule has 0 saturated heterocycles. The second kappa shape index (κ2) is 5.08. The van der Waals surface area contributed by atoms with Crippen molar-refractivity contribution in [2.75, 3.05) is 25.6 Å². The van der Waals surface area contributed by atoms with Gasteiger partial charge in [0.1, 0.15) is 5.75 Å². The first-order valence-electron chi connectivity index (χ1n) is 5.45. The Morgan fingerprint density at radius 3 is 2.29 bits per heavy atom. The molecule has 1 aromatic carbocycles. The lowest BCUT2D eigenvalue weighted by atomic mass is 9.93. The summed E-state index contributed by atoms with van der Waals surface area (Å²) in [5, 5.41) is 9.07. The molecule has 0 atom stereocenters. The number of benzene rings is 1. The topological polar surface area (TPSA) is 49.8 Å². The summed E-state index contributed by atoms with van der Waals surface area (Å²) < 4.78 is 5.08. The number of carboxylic acid groups (broad SMARTS) is 1. The third-order valence-corrected chi connectivity index (χ3v) is 2.72. The van der Waals surface area contributed by atoms with Crippen LogP contribution in [0, 0.1) is 5.41 Å². The van der Waals surface area contributed by atoms with Crippen LogP contribution in [0.25, 0.3) is 0 Å². The number of hydrogen-bond acceptors (Lipinski definition) is 3. The van der Waals surface area contributed by atoms with E-state index in [1.165, 1.54) is 0 Å². The standard InChI is InChI=1S/C13H19NO3/c1-13(2,12(15)16)9-14(3)10-5-7-11(17-4)8-6-10/h5-8H,9H2,1-4H3,(H,15,16). The van der Waals surface area contributed by atoms with Crippen LogP contribution in [0.3, 0.4) is 0 Å². The van der Waals surface area contributed by atoms with Crippen molar-refractivity contribution in [3.8, 4) is 5.75 Å². The van der Waals surface area contributed by atoms with Crippen molar-refractivity contribution in [1.29, 1.82) is 0 Å². The van der Waals surface area contributed by atoms with Gasteiger partial charge in [0.05, 0.1) is 12.5 Å². The quantitative estimate of drug-likeness (QED) is 0.853. The van der Waals surface area contributed by atoms with Gasteiger partial charge in [-0.05, 0) is 38.1 Å². The van der Waals surface area contributed by atoms with Crippen molar-refractivity contribution in [2.24, 2.45) is 5.41 Å². The Bertz CT molecular complexity index is 384. The van der Waals surface area contributed by atoms with E-state index in [1.807, 2.05) is 36.2 Å². The number of carboxylic acids is 1. The molecule has 17 heavy (non-hydrogen) atoms. The van der Waals surface area contributed by atoms with E-state index >= 15 is 0 Å². The van der Waals surface area contributed by atoms with Gasteiger partial charge in [-0.15, -0.1) is 0 Å².